The van der Waals surface area contributed by atoms with Crippen molar-refractivity contribution >= 4 is 23.7 Å². The minimum atomic E-state index is 0.0785. The van der Waals surface area contributed by atoms with Gasteiger partial charge in [0.1, 0.15) is 0 Å². The molecule has 3 rings (SSSR count). The second kappa shape index (κ2) is 9.15. The van der Waals surface area contributed by atoms with Crippen molar-refractivity contribution in [2.45, 2.75) is 69.9 Å². The Morgan fingerprint density at radius 1 is 0.960 bits per heavy atom. The first-order chi connectivity index (χ1) is 12.1. The number of nitrogens with zero attached hydrogens (tertiary/aromatic N) is 2. The molecule has 0 aromatic heterocycles. The fraction of sp³-hybridized carbons (Fsp3) is 0.895. The summed E-state index contributed by atoms with van der Waals surface area (Å²) in [5.74, 6) is 2.67. The molecule has 0 aromatic carbocycles. The average molecular weight is 368 g/mol. The molecule has 142 valence electrons. The molecule has 25 heavy (non-hydrogen) atoms. The molecule has 1 heterocycles. The standard InChI is InChI=1S/C19H33N3O2S/c1-21(17-5-3-2-4-6-17)19(24)20-16-9-7-15(8-10-16)18(23)22-11-13-25-14-12-22/h15-17H,2-14H2,1H3,(H,20,24). The van der Waals surface area contributed by atoms with Gasteiger partial charge in [-0.3, -0.25) is 4.79 Å². The lowest BCUT2D eigenvalue weighted by molar-refractivity contribution is -0.136. The molecule has 5 nitrogen and oxygen atoms in total. The summed E-state index contributed by atoms with van der Waals surface area (Å²) in [4.78, 5) is 29.1. The molecule has 0 atom stereocenters. The van der Waals surface area contributed by atoms with Crippen LogP contribution < -0.4 is 5.32 Å². The lowest BCUT2D eigenvalue weighted by atomic mass is 9.85. The fourth-order valence-corrected chi connectivity index (χ4v) is 5.34. The van der Waals surface area contributed by atoms with Crippen LogP contribution in [0, 0.1) is 5.92 Å². The number of amides is 3. The normalized spacial score (nSPS) is 28.4. The maximum absolute atomic E-state index is 12.6. The van der Waals surface area contributed by atoms with Crippen LogP contribution in [0.5, 0.6) is 0 Å². The number of carbonyl (C=O) groups excluding carboxylic acids is 2. The monoisotopic (exact) mass is 367 g/mol. The van der Waals surface area contributed by atoms with Gasteiger partial charge in [0.2, 0.25) is 5.91 Å². The third-order valence-corrected chi connectivity index (χ3v) is 7.11. The van der Waals surface area contributed by atoms with E-state index in [2.05, 4.69) is 10.2 Å². The van der Waals surface area contributed by atoms with Gasteiger partial charge in [-0.25, -0.2) is 4.79 Å². The Bertz CT molecular complexity index is 454. The molecular weight excluding hydrogens is 334 g/mol. The fourth-order valence-electron chi connectivity index (χ4n) is 4.44. The smallest absolute Gasteiger partial charge is 0.317 e. The third kappa shape index (κ3) is 5.05. The van der Waals surface area contributed by atoms with E-state index in [1.165, 1.54) is 19.3 Å². The molecule has 1 aliphatic heterocycles. The number of urea groups is 1. The van der Waals surface area contributed by atoms with Crippen molar-refractivity contribution in [3.63, 3.8) is 0 Å². The summed E-state index contributed by atoms with van der Waals surface area (Å²) in [6.45, 7) is 1.82. The predicted molar refractivity (Wildman–Crippen MR) is 103 cm³/mol. The molecule has 2 saturated carbocycles. The van der Waals surface area contributed by atoms with Crippen molar-refractivity contribution < 1.29 is 9.59 Å². The van der Waals surface area contributed by atoms with Gasteiger partial charge in [0.05, 0.1) is 0 Å². The maximum Gasteiger partial charge on any atom is 0.317 e. The van der Waals surface area contributed by atoms with Gasteiger partial charge in [0.25, 0.3) is 0 Å². The van der Waals surface area contributed by atoms with E-state index < -0.39 is 0 Å². The minimum Gasteiger partial charge on any atom is -0.341 e. The maximum atomic E-state index is 12.6. The predicted octanol–water partition coefficient (Wildman–Crippen LogP) is 3.09. The van der Waals surface area contributed by atoms with E-state index in [0.29, 0.717) is 11.9 Å². The van der Waals surface area contributed by atoms with Gasteiger partial charge >= 0.3 is 6.03 Å². The van der Waals surface area contributed by atoms with Crippen LogP contribution in [0.15, 0.2) is 0 Å². The van der Waals surface area contributed by atoms with Gasteiger partial charge in [0, 0.05) is 49.6 Å². The van der Waals surface area contributed by atoms with Gasteiger partial charge in [-0.05, 0) is 38.5 Å². The first kappa shape index (κ1) is 18.9. The summed E-state index contributed by atoms with van der Waals surface area (Å²) in [7, 11) is 1.94. The van der Waals surface area contributed by atoms with Crippen LogP contribution in [-0.2, 0) is 4.79 Å². The van der Waals surface area contributed by atoms with E-state index in [4.69, 9.17) is 0 Å². The highest BCUT2D eigenvalue weighted by Gasteiger charge is 2.31. The molecule has 3 fully saturated rings. The number of carbonyl (C=O) groups is 2. The van der Waals surface area contributed by atoms with Crippen LogP contribution in [0.4, 0.5) is 4.79 Å². The number of hydrogen-bond acceptors (Lipinski definition) is 3. The quantitative estimate of drug-likeness (QED) is 0.834. The molecule has 3 aliphatic rings. The van der Waals surface area contributed by atoms with Crippen LogP contribution in [-0.4, -0.2) is 65.5 Å². The molecule has 0 unspecified atom stereocenters. The summed E-state index contributed by atoms with van der Waals surface area (Å²) in [5.41, 5.74) is 0. The highest BCUT2D eigenvalue weighted by molar-refractivity contribution is 7.99. The van der Waals surface area contributed by atoms with E-state index in [0.717, 1.165) is 63.1 Å². The number of nitrogens with one attached hydrogen (secondary N) is 1. The van der Waals surface area contributed by atoms with Gasteiger partial charge < -0.3 is 15.1 Å². The summed E-state index contributed by atoms with van der Waals surface area (Å²) in [6.07, 6.45) is 9.76. The topological polar surface area (TPSA) is 52.7 Å². The van der Waals surface area contributed by atoms with Crippen LogP contribution in [0.25, 0.3) is 0 Å². The first-order valence-electron chi connectivity index (χ1n) is 10.0. The Morgan fingerprint density at radius 3 is 2.24 bits per heavy atom. The highest BCUT2D eigenvalue weighted by Crippen LogP contribution is 2.28. The minimum absolute atomic E-state index is 0.0785. The molecule has 1 N–H and O–H groups in total. The van der Waals surface area contributed by atoms with E-state index >= 15 is 0 Å². The average Bonchev–Trinajstić information content (AvgIpc) is 2.68. The summed E-state index contributed by atoms with van der Waals surface area (Å²) >= 11 is 1.94. The molecule has 0 bridgehead atoms. The third-order valence-electron chi connectivity index (χ3n) is 6.17. The highest BCUT2D eigenvalue weighted by atomic mass is 32.2. The lowest BCUT2D eigenvalue weighted by Gasteiger charge is -2.36. The van der Waals surface area contributed by atoms with Crippen LogP contribution in [0.1, 0.15) is 57.8 Å². The van der Waals surface area contributed by atoms with Crippen molar-refractivity contribution in [2.75, 3.05) is 31.6 Å². The summed E-state index contributed by atoms with van der Waals surface area (Å²) in [6, 6.07) is 0.720. The Balaban J connectivity index is 1.41. The van der Waals surface area contributed by atoms with E-state index in [-0.39, 0.29) is 18.0 Å². The van der Waals surface area contributed by atoms with Gasteiger partial charge in [0.15, 0.2) is 0 Å². The number of hydrogen-bond donors (Lipinski definition) is 1. The summed E-state index contributed by atoms with van der Waals surface area (Å²) in [5, 5.41) is 3.21. The van der Waals surface area contributed by atoms with Crippen molar-refractivity contribution in [1.29, 1.82) is 0 Å². The largest absolute Gasteiger partial charge is 0.341 e. The lowest BCUT2D eigenvalue weighted by Crippen LogP contribution is -2.49. The Labute approximate surface area is 156 Å². The zero-order valence-electron chi connectivity index (χ0n) is 15.5. The van der Waals surface area contributed by atoms with Gasteiger partial charge in [-0.1, -0.05) is 19.3 Å². The molecule has 2 aliphatic carbocycles. The van der Waals surface area contributed by atoms with E-state index in [9.17, 15) is 9.59 Å². The van der Waals surface area contributed by atoms with Crippen molar-refractivity contribution in [2.24, 2.45) is 5.92 Å². The SMILES string of the molecule is CN(C(=O)NC1CCC(C(=O)N2CCSCC2)CC1)C1CCCCC1. The Morgan fingerprint density at radius 2 is 1.60 bits per heavy atom. The zero-order valence-corrected chi connectivity index (χ0v) is 16.4. The van der Waals surface area contributed by atoms with E-state index in [1.54, 1.807) is 0 Å². The second-order valence-electron chi connectivity index (χ2n) is 7.84. The molecule has 0 radical (unpaired) electrons. The first-order valence-corrected chi connectivity index (χ1v) is 11.2. The number of rotatable bonds is 3. The van der Waals surface area contributed by atoms with Gasteiger partial charge in [-0.2, -0.15) is 11.8 Å². The second-order valence-corrected chi connectivity index (χ2v) is 9.06. The molecule has 6 heteroatoms. The van der Waals surface area contributed by atoms with Crippen molar-refractivity contribution in [3.05, 3.63) is 0 Å². The van der Waals surface area contributed by atoms with E-state index in [1.807, 2.05) is 23.7 Å². The molecule has 3 amide bonds. The Hall–Kier alpha value is -0.910. The van der Waals surface area contributed by atoms with Crippen molar-refractivity contribution in [1.82, 2.24) is 15.1 Å². The molecule has 0 spiro atoms. The van der Waals surface area contributed by atoms with Crippen LogP contribution >= 0.6 is 11.8 Å². The van der Waals surface area contributed by atoms with Crippen molar-refractivity contribution in [3.8, 4) is 0 Å². The summed E-state index contributed by atoms with van der Waals surface area (Å²) < 4.78 is 0. The van der Waals surface area contributed by atoms with Crippen LogP contribution in [0.2, 0.25) is 0 Å². The van der Waals surface area contributed by atoms with Crippen LogP contribution in [0.3, 0.4) is 0 Å². The zero-order chi connectivity index (χ0) is 17.6. The molecular formula is C19H33N3O2S. The number of thioether (sulfide) groups is 1. The molecule has 0 aromatic rings. The Kier molecular flexibility index (Phi) is 6.91. The van der Waals surface area contributed by atoms with Gasteiger partial charge in [-0.15, -0.1) is 0 Å². The molecule has 1 saturated heterocycles.